The standard InChI is InChI=1S/C23H29ClN2O4/c1-25(2)18-9-7-16(8-10-18)14-26(15-19-6-5-11-30-19)23(27)17-12-20(24)22(29-4)21(13-17)28-3/h7-10,12-13,19H,5-6,11,14-15H2,1-4H3. The van der Waals surface area contributed by atoms with Gasteiger partial charge in [0.05, 0.1) is 25.3 Å². The summed E-state index contributed by atoms with van der Waals surface area (Å²) in [4.78, 5) is 17.3. The number of anilines is 1. The number of nitrogens with zero attached hydrogens (tertiary/aromatic N) is 2. The zero-order chi connectivity index (χ0) is 21.7. The number of ether oxygens (including phenoxy) is 3. The van der Waals surface area contributed by atoms with Crippen molar-refractivity contribution >= 4 is 23.2 Å². The van der Waals surface area contributed by atoms with Gasteiger partial charge in [-0.1, -0.05) is 23.7 Å². The molecule has 0 N–H and O–H groups in total. The molecule has 2 aromatic rings. The number of hydrogen-bond acceptors (Lipinski definition) is 5. The molecule has 0 spiro atoms. The zero-order valence-corrected chi connectivity index (χ0v) is 18.7. The second-order valence-electron chi connectivity index (χ2n) is 7.58. The second kappa shape index (κ2) is 10.0. The van der Waals surface area contributed by atoms with Gasteiger partial charge < -0.3 is 24.0 Å². The fourth-order valence-corrected chi connectivity index (χ4v) is 3.89. The van der Waals surface area contributed by atoms with E-state index in [2.05, 4.69) is 12.1 Å². The molecule has 7 heteroatoms. The summed E-state index contributed by atoms with van der Waals surface area (Å²) in [5.74, 6) is 0.728. The molecule has 30 heavy (non-hydrogen) atoms. The smallest absolute Gasteiger partial charge is 0.254 e. The highest BCUT2D eigenvalue weighted by Crippen LogP contribution is 2.36. The third-order valence-corrected chi connectivity index (χ3v) is 5.52. The zero-order valence-electron chi connectivity index (χ0n) is 18.0. The lowest BCUT2D eigenvalue weighted by atomic mass is 10.1. The van der Waals surface area contributed by atoms with Crippen LogP contribution in [0.3, 0.4) is 0 Å². The molecule has 0 bridgehead atoms. The van der Waals surface area contributed by atoms with Crippen LogP contribution in [-0.2, 0) is 11.3 Å². The Morgan fingerprint density at radius 3 is 2.47 bits per heavy atom. The molecule has 1 saturated heterocycles. The van der Waals surface area contributed by atoms with Crippen molar-refractivity contribution in [3.05, 3.63) is 52.5 Å². The molecule has 1 amide bonds. The van der Waals surface area contributed by atoms with Crippen LogP contribution < -0.4 is 14.4 Å². The summed E-state index contributed by atoms with van der Waals surface area (Å²) in [6, 6.07) is 11.5. The molecule has 1 aliphatic heterocycles. The molecule has 162 valence electrons. The van der Waals surface area contributed by atoms with Gasteiger partial charge in [-0.05, 0) is 42.7 Å². The molecule has 1 unspecified atom stereocenters. The molecule has 6 nitrogen and oxygen atoms in total. The first kappa shape index (κ1) is 22.2. The Hall–Kier alpha value is -2.44. The third-order valence-electron chi connectivity index (χ3n) is 5.24. The van der Waals surface area contributed by atoms with Gasteiger partial charge >= 0.3 is 0 Å². The van der Waals surface area contributed by atoms with E-state index in [4.69, 9.17) is 25.8 Å². The average molecular weight is 433 g/mol. The molecular weight excluding hydrogens is 404 g/mol. The Bertz CT molecular complexity index is 864. The fourth-order valence-electron chi connectivity index (χ4n) is 3.60. The van der Waals surface area contributed by atoms with E-state index in [0.717, 1.165) is 30.7 Å². The van der Waals surface area contributed by atoms with E-state index in [1.807, 2.05) is 36.0 Å². The van der Waals surface area contributed by atoms with Gasteiger partial charge in [0.25, 0.3) is 5.91 Å². The van der Waals surface area contributed by atoms with E-state index >= 15 is 0 Å². The van der Waals surface area contributed by atoms with E-state index in [1.165, 1.54) is 14.2 Å². The molecule has 1 atom stereocenters. The predicted octanol–water partition coefficient (Wildman–Crippen LogP) is 4.24. The number of hydrogen-bond donors (Lipinski definition) is 0. The number of methoxy groups -OCH3 is 2. The van der Waals surface area contributed by atoms with Gasteiger partial charge in [0.1, 0.15) is 0 Å². The molecule has 0 aliphatic carbocycles. The van der Waals surface area contributed by atoms with Crippen molar-refractivity contribution in [2.75, 3.05) is 46.4 Å². The largest absolute Gasteiger partial charge is 0.493 e. The highest BCUT2D eigenvalue weighted by Gasteiger charge is 2.25. The van der Waals surface area contributed by atoms with Crippen LogP contribution in [-0.4, -0.2) is 58.4 Å². The van der Waals surface area contributed by atoms with Crippen LogP contribution in [0.1, 0.15) is 28.8 Å². The van der Waals surface area contributed by atoms with Gasteiger partial charge in [-0.2, -0.15) is 0 Å². The highest BCUT2D eigenvalue weighted by molar-refractivity contribution is 6.32. The van der Waals surface area contributed by atoms with Crippen LogP contribution in [0.5, 0.6) is 11.5 Å². The maximum absolute atomic E-state index is 13.4. The Balaban J connectivity index is 1.87. The van der Waals surface area contributed by atoms with E-state index in [0.29, 0.717) is 35.2 Å². The summed E-state index contributed by atoms with van der Waals surface area (Å²) >= 11 is 6.33. The first-order chi connectivity index (χ1) is 14.4. The summed E-state index contributed by atoms with van der Waals surface area (Å²) in [6.07, 6.45) is 2.02. The summed E-state index contributed by atoms with van der Waals surface area (Å²) in [5.41, 5.74) is 2.63. The minimum absolute atomic E-state index is 0.0469. The molecular formula is C23H29ClN2O4. The average Bonchev–Trinajstić information content (AvgIpc) is 3.25. The van der Waals surface area contributed by atoms with Crippen molar-refractivity contribution < 1.29 is 19.0 Å². The minimum Gasteiger partial charge on any atom is -0.493 e. The lowest BCUT2D eigenvalue weighted by Crippen LogP contribution is -2.37. The number of rotatable bonds is 8. The molecule has 1 aliphatic rings. The SMILES string of the molecule is COc1cc(C(=O)N(Cc2ccc(N(C)C)cc2)CC2CCCO2)cc(Cl)c1OC. The number of carbonyl (C=O) groups excluding carboxylic acids is 1. The van der Waals surface area contributed by atoms with Crippen molar-refractivity contribution in [3.8, 4) is 11.5 Å². The molecule has 2 aromatic carbocycles. The number of benzene rings is 2. The van der Waals surface area contributed by atoms with E-state index in [9.17, 15) is 4.79 Å². The summed E-state index contributed by atoms with van der Waals surface area (Å²) < 4.78 is 16.4. The highest BCUT2D eigenvalue weighted by atomic mass is 35.5. The van der Waals surface area contributed by atoms with E-state index in [-0.39, 0.29) is 12.0 Å². The Kier molecular flexibility index (Phi) is 7.45. The summed E-state index contributed by atoms with van der Waals surface area (Å²) in [5, 5.41) is 0.340. The lowest BCUT2D eigenvalue weighted by molar-refractivity contribution is 0.0507. The van der Waals surface area contributed by atoms with Crippen LogP contribution in [0.4, 0.5) is 5.69 Å². The summed E-state index contributed by atoms with van der Waals surface area (Å²) in [6.45, 7) is 1.75. The van der Waals surface area contributed by atoms with Crippen LogP contribution in [0.15, 0.2) is 36.4 Å². The van der Waals surface area contributed by atoms with E-state index in [1.54, 1.807) is 12.1 Å². The van der Waals surface area contributed by atoms with Crippen LogP contribution in [0, 0.1) is 0 Å². The van der Waals surface area contributed by atoms with Crippen LogP contribution >= 0.6 is 11.6 Å². The van der Waals surface area contributed by atoms with Gasteiger partial charge in [-0.3, -0.25) is 4.79 Å². The molecule has 0 aromatic heterocycles. The number of amides is 1. The second-order valence-corrected chi connectivity index (χ2v) is 7.98. The number of carbonyl (C=O) groups is 1. The fraction of sp³-hybridized carbons (Fsp3) is 0.435. The Morgan fingerprint density at radius 2 is 1.90 bits per heavy atom. The van der Waals surface area contributed by atoms with Gasteiger partial charge in [-0.15, -0.1) is 0 Å². The lowest BCUT2D eigenvalue weighted by Gasteiger charge is -2.26. The van der Waals surface area contributed by atoms with Gasteiger partial charge in [-0.25, -0.2) is 0 Å². The maximum atomic E-state index is 13.4. The van der Waals surface area contributed by atoms with Crippen molar-refractivity contribution in [1.82, 2.24) is 4.90 Å². The van der Waals surface area contributed by atoms with Crippen molar-refractivity contribution in [3.63, 3.8) is 0 Å². The first-order valence-electron chi connectivity index (χ1n) is 10.0. The van der Waals surface area contributed by atoms with Crippen molar-refractivity contribution in [2.45, 2.75) is 25.5 Å². The minimum atomic E-state index is -0.120. The topological polar surface area (TPSA) is 51.2 Å². The third kappa shape index (κ3) is 5.18. The molecule has 0 radical (unpaired) electrons. The van der Waals surface area contributed by atoms with Crippen LogP contribution in [0.2, 0.25) is 5.02 Å². The monoisotopic (exact) mass is 432 g/mol. The maximum Gasteiger partial charge on any atom is 0.254 e. The predicted molar refractivity (Wildman–Crippen MR) is 119 cm³/mol. The molecule has 3 rings (SSSR count). The van der Waals surface area contributed by atoms with Crippen molar-refractivity contribution in [1.29, 1.82) is 0 Å². The number of halogens is 1. The van der Waals surface area contributed by atoms with Gasteiger partial charge in [0.15, 0.2) is 11.5 Å². The van der Waals surface area contributed by atoms with Crippen LogP contribution in [0.25, 0.3) is 0 Å². The normalized spacial score (nSPS) is 15.7. The Morgan fingerprint density at radius 1 is 1.17 bits per heavy atom. The molecule has 1 heterocycles. The first-order valence-corrected chi connectivity index (χ1v) is 10.4. The quantitative estimate of drug-likeness (QED) is 0.624. The van der Waals surface area contributed by atoms with E-state index < -0.39 is 0 Å². The molecule has 1 fully saturated rings. The van der Waals surface area contributed by atoms with Gasteiger partial charge in [0.2, 0.25) is 0 Å². The van der Waals surface area contributed by atoms with Crippen molar-refractivity contribution in [2.24, 2.45) is 0 Å². The van der Waals surface area contributed by atoms with Gasteiger partial charge in [0, 0.05) is 45.0 Å². The Labute approximate surface area is 183 Å². The summed E-state index contributed by atoms with van der Waals surface area (Å²) in [7, 11) is 7.05. The molecule has 0 saturated carbocycles.